The van der Waals surface area contributed by atoms with Crippen molar-refractivity contribution in [1.29, 1.82) is 5.41 Å². The number of nitrogens with one attached hydrogen (secondary N) is 1. The molecule has 0 aliphatic rings. The van der Waals surface area contributed by atoms with Crippen molar-refractivity contribution in [2.24, 2.45) is 0 Å². The molecule has 0 aliphatic carbocycles. The summed E-state index contributed by atoms with van der Waals surface area (Å²) in [6.45, 7) is 0.764. The van der Waals surface area contributed by atoms with Crippen molar-refractivity contribution < 1.29 is 4.79 Å². The Morgan fingerprint density at radius 1 is 0.926 bits per heavy atom. The van der Waals surface area contributed by atoms with Crippen LogP contribution in [0.5, 0.6) is 0 Å². The van der Waals surface area contributed by atoms with Gasteiger partial charge in [0.25, 0.3) is 0 Å². The molecule has 0 atom stereocenters. The Labute approximate surface area is 179 Å². The summed E-state index contributed by atoms with van der Waals surface area (Å²) in [7, 11) is 0. The Balaban J connectivity index is 0.00000210. The zero-order valence-electron chi connectivity index (χ0n) is 14.3. The predicted molar refractivity (Wildman–Crippen MR) is 118 cm³/mol. The minimum atomic E-state index is 0. The zero-order valence-corrected chi connectivity index (χ0v) is 18.4. The molecule has 0 saturated carbocycles. The van der Waals surface area contributed by atoms with Gasteiger partial charge in [-0.05, 0) is 45.8 Å². The highest BCUT2D eigenvalue weighted by Crippen LogP contribution is 2.23. The minimum Gasteiger partial charge on any atom is -0.306 e. The minimum absolute atomic E-state index is 0. The Hall–Kier alpha value is -1.96. The number of ketones is 1. The van der Waals surface area contributed by atoms with Crippen LogP contribution in [0.25, 0.3) is 11.0 Å². The molecule has 7 heteroatoms. The average Bonchev–Trinajstić information content (AvgIpc) is 3.20. The van der Waals surface area contributed by atoms with Crippen LogP contribution in [0, 0.1) is 5.41 Å². The van der Waals surface area contributed by atoms with Gasteiger partial charge in [0, 0.05) is 0 Å². The van der Waals surface area contributed by atoms with E-state index in [0.717, 1.165) is 20.4 Å². The van der Waals surface area contributed by atoms with Gasteiger partial charge in [0.2, 0.25) is 5.62 Å². The first kappa shape index (κ1) is 19.8. The largest absolute Gasteiger partial charge is 0.306 e. The molecule has 2 heterocycles. The highest BCUT2D eigenvalue weighted by atomic mass is 79.9. The van der Waals surface area contributed by atoms with E-state index in [4.69, 9.17) is 5.41 Å². The normalized spacial score (nSPS) is 10.7. The number of imidazole rings is 1. The summed E-state index contributed by atoms with van der Waals surface area (Å²) in [5.41, 5.74) is 3.32. The van der Waals surface area contributed by atoms with Gasteiger partial charge in [-0.2, -0.15) is 0 Å². The Kier molecular flexibility index (Phi) is 6.14. The first-order valence-electron chi connectivity index (χ1n) is 8.18. The van der Waals surface area contributed by atoms with Crippen LogP contribution in [0.4, 0.5) is 0 Å². The molecule has 4 aromatic rings. The fraction of sp³-hybridized carbons (Fsp3) is 0.100. The number of nitrogens with zero attached hydrogens (tertiary/aromatic N) is 2. The maximum absolute atomic E-state index is 12.7. The van der Waals surface area contributed by atoms with Crippen LogP contribution < -0.4 is 5.62 Å². The molecule has 0 saturated heterocycles. The van der Waals surface area contributed by atoms with E-state index in [2.05, 4.69) is 15.9 Å². The van der Waals surface area contributed by atoms with E-state index in [0.29, 0.717) is 17.0 Å². The smallest absolute Gasteiger partial charge is 0.203 e. The number of rotatable bonds is 5. The van der Waals surface area contributed by atoms with Gasteiger partial charge in [-0.1, -0.05) is 42.5 Å². The van der Waals surface area contributed by atoms with Crippen molar-refractivity contribution in [2.45, 2.75) is 13.1 Å². The van der Waals surface area contributed by atoms with Crippen LogP contribution >= 0.6 is 44.2 Å². The van der Waals surface area contributed by atoms with Crippen LogP contribution in [0.2, 0.25) is 0 Å². The van der Waals surface area contributed by atoms with E-state index in [1.165, 1.54) is 11.3 Å². The highest BCUT2D eigenvalue weighted by molar-refractivity contribution is 9.11. The van der Waals surface area contributed by atoms with Crippen molar-refractivity contribution in [1.82, 2.24) is 9.13 Å². The van der Waals surface area contributed by atoms with Crippen LogP contribution in [-0.2, 0) is 13.1 Å². The highest BCUT2D eigenvalue weighted by Gasteiger charge is 2.15. The molecule has 2 aromatic carbocycles. The summed E-state index contributed by atoms with van der Waals surface area (Å²) in [4.78, 5) is 13.4. The van der Waals surface area contributed by atoms with Gasteiger partial charge >= 0.3 is 0 Å². The van der Waals surface area contributed by atoms with Crippen molar-refractivity contribution in [3.8, 4) is 0 Å². The number of hydrogen-bond donors (Lipinski definition) is 1. The third-order valence-corrected chi connectivity index (χ3v) is 5.97. The molecule has 2 aromatic heterocycles. The SMILES string of the molecule is Br.N=c1n(CC(=O)c2ccc(Br)s2)c2ccccc2n1Cc1ccccc1. The van der Waals surface area contributed by atoms with Gasteiger partial charge < -0.3 is 9.13 Å². The summed E-state index contributed by atoms with van der Waals surface area (Å²) >= 11 is 4.82. The molecule has 4 nitrogen and oxygen atoms in total. The molecule has 0 fully saturated rings. The number of aromatic nitrogens is 2. The third kappa shape index (κ3) is 4.00. The molecule has 27 heavy (non-hydrogen) atoms. The summed E-state index contributed by atoms with van der Waals surface area (Å²) in [5.74, 6) is 0.0156. The number of Topliss-reactive ketones (excluding diaryl/α,β-unsaturated/α-hetero) is 1. The molecule has 0 aliphatic heterocycles. The van der Waals surface area contributed by atoms with Gasteiger partial charge in [-0.3, -0.25) is 10.2 Å². The van der Waals surface area contributed by atoms with Crippen molar-refractivity contribution in [3.05, 3.63) is 86.6 Å². The quantitative estimate of drug-likeness (QED) is 0.369. The standard InChI is InChI=1S/C20H16BrN3OS.BrH/c21-19-11-10-18(26-19)17(25)13-24-16-9-5-4-8-15(16)23(20(24)22)12-14-6-2-1-3-7-14;/h1-11,22H,12-13H2;1H. The summed E-state index contributed by atoms with van der Waals surface area (Å²) in [5, 5.41) is 8.65. The fourth-order valence-corrected chi connectivity index (χ4v) is 4.38. The van der Waals surface area contributed by atoms with E-state index in [1.807, 2.05) is 71.3 Å². The predicted octanol–water partition coefficient (Wildman–Crippen LogP) is 5.26. The topological polar surface area (TPSA) is 50.8 Å². The number of carbonyl (C=O) groups excluding carboxylic acids is 1. The van der Waals surface area contributed by atoms with Crippen molar-refractivity contribution in [3.63, 3.8) is 0 Å². The number of para-hydroxylation sites is 2. The Morgan fingerprint density at radius 3 is 2.19 bits per heavy atom. The molecule has 0 bridgehead atoms. The van der Waals surface area contributed by atoms with Gasteiger partial charge in [0.05, 0.1) is 32.8 Å². The summed E-state index contributed by atoms with van der Waals surface area (Å²) in [6.07, 6.45) is 0. The molecule has 0 unspecified atom stereocenters. The molecule has 1 N–H and O–H groups in total. The lowest BCUT2D eigenvalue weighted by atomic mass is 10.2. The lowest BCUT2D eigenvalue weighted by molar-refractivity contribution is 0.0975. The van der Waals surface area contributed by atoms with E-state index in [9.17, 15) is 4.79 Å². The second kappa shape index (κ2) is 8.37. The second-order valence-electron chi connectivity index (χ2n) is 6.00. The van der Waals surface area contributed by atoms with Crippen LogP contribution in [0.1, 0.15) is 15.2 Å². The number of thiophene rings is 1. The van der Waals surface area contributed by atoms with E-state index in [1.54, 1.807) is 4.57 Å². The second-order valence-corrected chi connectivity index (χ2v) is 8.46. The molecular formula is C20H17Br2N3OS. The van der Waals surface area contributed by atoms with Crippen molar-refractivity contribution in [2.75, 3.05) is 0 Å². The molecule has 0 amide bonds. The average molecular weight is 507 g/mol. The van der Waals surface area contributed by atoms with Gasteiger partial charge in [0.15, 0.2) is 5.78 Å². The number of carbonyl (C=O) groups is 1. The first-order valence-corrected chi connectivity index (χ1v) is 9.79. The maximum atomic E-state index is 12.7. The summed E-state index contributed by atoms with van der Waals surface area (Å²) in [6, 6.07) is 21.6. The monoisotopic (exact) mass is 505 g/mol. The maximum Gasteiger partial charge on any atom is 0.203 e. The fourth-order valence-electron chi connectivity index (χ4n) is 3.07. The Morgan fingerprint density at radius 2 is 1.56 bits per heavy atom. The van der Waals surface area contributed by atoms with E-state index >= 15 is 0 Å². The zero-order chi connectivity index (χ0) is 18.1. The summed E-state index contributed by atoms with van der Waals surface area (Å²) < 4.78 is 4.67. The van der Waals surface area contributed by atoms with Gasteiger partial charge in [-0.15, -0.1) is 28.3 Å². The Bertz CT molecular complexity index is 1140. The van der Waals surface area contributed by atoms with Gasteiger partial charge in [-0.25, -0.2) is 0 Å². The lowest BCUT2D eigenvalue weighted by Crippen LogP contribution is -2.27. The molecule has 4 rings (SSSR count). The molecule has 138 valence electrons. The van der Waals surface area contributed by atoms with Crippen LogP contribution in [-0.4, -0.2) is 14.9 Å². The van der Waals surface area contributed by atoms with E-state index < -0.39 is 0 Å². The first-order chi connectivity index (χ1) is 12.6. The number of fused-ring (bicyclic) bond motifs is 1. The van der Waals surface area contributed by atoms with Crippen LogP contribution in [0.3, 0.4) is 0 Å². The number of halogens is 2. The van der Waals surface area contributed by atoms with E-state index in [-0.39, 0.29) is 29.3 Å². The van der Waals surface area contributed by atoms with Crippen LogP contribution in [0.15, 0.2) is 70.5 Å². The molecular weight excluding hydrogens is 490 g/mol. The lowest BCUT2D eigenvalue weighted by Gasteiger charge is -2.05. The van der Waals surface area contributed by atoms with Crippen molar-refractivity contribution >= 4 is 61.1 Å². The number of hydrogen-bond acceptors (Lipinski definition) is 3. The molecule has 0 spiro atoms. The molecule has 0 radical (unpaired) electrons. The van der Waals surface area contributed by atoms with Gasteiger partial charge in [0.1, 0.15) is 0 Å². The third-order valence-electron chi connectivity index (χ3n) is 4.31. The number of benzene rings is 2.